The van der Waals surface area contributed by atoms with Crippen LogP contribution in [0.4, 0.5) is 11.4 Å². The number of para-hydroxylation sites is 2. The second-order valence-electron chi connectivity index (χ2n) is 11.4. The van der Waals surface area contributed by atoms with E-state index < -0.39 is 0 Å². The molecule has 0 N–H and O–H groups in total. The molecule has 0 aliphatic carbocycles. The van der Waals surface area contributed by atoms with E-state index in [2.05, 4.69) is 120 Å². The number of rotatable bonds is 6. The Labute approximate surface area is 250 Å². The first-order valence-corrected chi connectivity index (χ1v) is 14.9. The fourth-order valence-corrected chi connectivity index (χ4v) is 6.29. The van der Waals surface area contributed by atoms with E-state index in [1.165, 1.54) is 39.3 Å². The van der Waals surface area contributed by atoms with E-state index in [0.29, 0.717) is 33.1 Å². The molecule has 4 rings (SSSR count). The van der Waals surface area contributed by atoms with Gasteiger partial charge in [-0.05, 0) is 52.8 Å². The molecule has 0 amide bonds. The number of benzene rings is 3. The van der Waals surface area contributed by atoms with Crippen LogP contribution in [0.15, 0.2) is 96.8 Å². The average molecular weight is 582 g/mol. The van der Waals surface area contributed by atoms with Crippen molar-refractivity contribution in [3.05, 3.63) is 119 Å². The van der Waals surface area contributed by atoms with Gasteiger partial charge in [-0.15, -0.1) is 0 Å². The minimum atomic E-state index is 0. The molecule has 1 heterocycles. The SMILES string of the molecule is C=C1C=C(C)[N+](c2c(C(C)C)cccc2C(C)C)=[Si-]N1c1c(C(C)C)cccc1C(C)C.[Ni].c1ccccc1. The molecule has 0 saturated carbocycles. The van der Waals surface area contributed by atoms with E-state index >= 15 is 0 Å². The van der Waals surface area contributed by atoms with E-state index in [0.717, 1.165) is 5.70 Å². The minimum absolute atomic E-state index is 0. The summed E-state index contributed by atoms with van der Waals surface area (Å²) in [4.78, 5) is 0. The first-order valence-electron chi connectivity index (χ1n) is 14.0. The van der Waals surface area contributed by atoms with Crippen LogP contribution in [0.1, 0.15) is 108 Å². The van der Waals surface area contributed by atoms with Crippen molar-refractivity contribution >= 4 is 20.8 Å². The summed E-state index contributed by atoms with van der Waals surface area (Å²) in [6.07, 6.45) is 2.26. The Morgan fingerprint density at radius 3 is 1.33 bits per heavy atom. The van der Waals surface area contributed by atoms with Crippen molar-refractivity contribution in [2.75, 3.05) is 4.57 Å². The first-order chi connectivity index (χ1) is 18.0. The van der Waals surface area contributed by atoms with Gasteiger partial charge in [0.1, 0.15) is 0 Å². The number of allylic oxidation sites excluding steroid dienone is 2. The summed E-state index contributed by atoms with van der Waals surface area (Å²) in [5, 5.41) is 0. The number of hydrogen-bond donors (Lipinski definition) is 0. The third-order valence-electron chi connectivity index (χ3n) is 7.01. The summed E-state index contributed by atoms with van der Waals surface area (Å²) in [5.41, 5.74) is 10.7. The molecule has 0 spiro atoms. The van der Waals surface area contributed by atoms with E-state index in [9.17, 15) is 0 Å². The van der Waals surface area contributed by atoms with E-state index in [1.807, 2.05) is 36.4 Å². The average Bonchev–Trinajstić information content (AvgIpc) is 2.89. The predicted molar refractivity (Wildman–Crippen MR) is 167 cm³/mol. The maximum Gasteiger partial charge on any atom is 0.0917 e. The molecule has 3 aromatic rings. The van der Waals surface area contributed by atoms with Crippen molar-refractivity contribution in [3.63, 3.8) is 0 Å². The summed E-state index contributed by atoms with van der Waals surface area (Å²) in [5.74, 6) is 1.84. The van der Waals surface area contributed by atoms with E-state index in [4.69, 9.17) is 0 Å². The zero-order valence-electron chi connectivity index (χ0n) is 25.2. The van der Waals surface area contributed by atoms with Gasteiger partial charge in [-0.3, -0.25) is 0 Å². The molecule has 0 unspecified atom stereocenters. The molecule has 0 bridgehead atoms. The Bertz CT molecular complexity index is 1220. The maximum atomic E-state index is 4.50. The number of nitrogens with zero attached hydrogens (tertiary/aromatic N) is 2. The zero-order valence-corrected chi connectivity index (χ0v) is 27.2. The molecule has 1 aliphatic rings. The van der Waals surface area contributed by atoms with Gasteiger partial charge in [0.2, 0.25) is 0 Å². The molecular weight excluding hydrogens is 535 g/mol. The minimum Gasteiger partial charge on any atom is -0.422 e. The van der Waals surface area contributed by atoms with Crippen molar-refractivity contribution in [1.29, 1.82) is 0 Å². The topological polar surface area (TPSA) is 6.25 Å². The first kappa shape index (κ1) is 32.7. The van der Waals surface area contributed by atoms with Gasteiger partial charge in [0.25, 0.3) is 0 Å². The quantitative estimate of drug-likeness (QED) is 0.263. The van der Waals surface area contributed by atoms with Gasteiger partial charge >= 0.3 is 0 Å². The number of hydrogen-bond acceptors (Lipinski definition) is 1. The van der Waals surface area contributed by atoms with Crippen molar-refractivity contribution in [2.45, 2.75) is 86.0 Å². The molecule has 0 fully saturated rings. The maximum absolute atomic E-state index is 4.50. The Balaban J connectivity index is 0.000000672. The second kappa shape index (κ2) is 14.7. The molecule has 1 aliphatic heterocycles. The third kappa shape index (κ3) is 7.77. The van der Waals surface area contributed by atoms with Gasteiger partial charge in [0, 0.05) is 22.6 Å². The van der Waals surface area contributed by atoms with Crippen LogP contribution in [0.5, 0.6) is 0 Å². The Morgan fingerprint density at radius 1 is 0.615 bits per heavy atom. The molecule has 39 heavy (non-hydrogen) atoms. The zero-order chi connectivity index (χ0) is 28.0. The van der Waals surface area contributed by atoms with Crippen molar-refractivity contribution in [3.8, 4) is 0 Å². The van der Waals surface area contributed by atoms with Gasteiger partial charge in [-0.25, -0.2) is 0 Å². The molecule has 0 saturated heterocycles. The van der Waals surface area contributed by atoms with Gasteiger partial charge in [-0.2, -0.15) is 0 Å². The normalized spacial score (nSPS) is 13.3. The summed E-state index contributed by atoms with van der Waals surface area (Å²) in [6, 6.07) is 25.6. The molecular formula is C35H46N2NiSi. The van der Waals surface area contributed by atoms with Gasteiger partial charge < -0.3 is 8.78 Å². The Kier molecular flexibility index (Phi) is 12.3. The Morgan fingerprint density at radius 2 is 0.974 bits per heavy atom. The summed E-state index contributed by atoms with van der Waals surface area (Å²) in [6.45, 7) is 25.1. The van der Waals surface area contributed by atoms with Crippen LogP contribution in [0.2, 0.25) is 0 Å². The van der Waals surface area contributed by atoms with Crippen LogP contribution in [0.25, 0.3) is 0 Å². The van der Waals surface area contributed by atoms with Crippen LogP contribution in [-0.4, -0.2) is 13.7 Å². The molecule has 3 aromatic carbocycles. The molecule has 0 aromatic heterocycles. The number of anilines is 1. The van der Waals surface area contributed by atoms with Crippen LogP contribution in [0.3, 0.4) is 0 Å². The van der Waals surface area contributed by atoms with Crippen molar-refractivity contribution in [1.82, 2.24) is 0 Å². The second-order valence-corrected chi connectivity index (χ2v) is 12.5. The van der Waals surface area contributed by atoms with E-state index in [-0.39, 0.29) is 16.5 Å². The summed E-state index contributed by atoms with van der Waals surface area (Å²) in [7, 11) is 0.455. The fraction of sp³-hybridized carbons (Fsp3) is 0.371. The van der Waals surface area contributed by atoms with Gasteiger partial charge in [-0.1, -0.05) is 135 Å². The Hall–Kier alpha value is -2.55. The standard InChI is InChI=1S/C29H40N2Si.C6H6.Ni/c1-18(2)24-13-11-14-25(19(3)4)28(24)30-22(9)17-23(10)31(32-30)29-26(20(5)6)15-12-16-27(29)21(7)8;1-2-4-6-5-3-1;/h11-21H,9H2,1-8,10H3;1-6H;. The van der Waals surface area contributed by atoms with Crippen LogP contribution in [-0.2, 0) is 16.5 Å². The third-order valence-corrected chi connectivity index (χ3v) is 8.50. The van der Waals surface area contributed by atoms with Crippen LogP contribution >= 0.6 is 0 Å². The molecule has 2 nitrogen and oxygen atoms in total. The summed E-state index contributed by atoms with van der Waals surface area (Å²) < 4.78 is 5.01. The predicted octanol–water partition coefficient (Wildman–Crippen LogP) is 10.2. The monoisotopic (exact) mass is 580 g/mol. The van der Waals surface area contributed by atoms with Crippen molar-refractivity contribution < 1.29 is 20.7 Å². The fourth-order valence-electron chi connectivity index (χ4n) is 4.96. The summed E-state index contributed by atoms with van der Waals surface area (Å²) >= 11 is 0. The van der Waals surface area contributed by atoms with Crippen molar-refractivity contribution in [2.24, 2.45) is 0 Å². The van der Waals surface area contributed by atoms with Gasteiger partial charge in [0.15, 0.2) is 0 Å². The van der Waals surface area contributed by atoms with Crippen LogP contribution < -0.4 is 4.57 Å². The van der Waals surface area contributed by atoms with Crippen LogP contribution in [0, 0.1) is 0 Å². The molecule has 0 radical (unpaired) electrons. The largest absolute Gasteiger partial charge is 0.422 e. The van der Waals surface area contributed by atoms with E-state index in [1.54, 1.807) is 0 Å². The molecule has 0 atom stereocenters. The smallest absolute Gasteiger partial charge is 0.0917 e. The molecule has 210 valence electrons. The van der Waals surface area contributed by atoms with Gasteiger partial charge in [0.05, 0.1) is 32.2 Å². The molecule has 4 heteroatoms.